The smallest absolute Gasteiger partial charge is 0.245 e. The van der Waals surface area contributed by atoms with Gasteiger partial charge in [-0.05, 0) is 25.2 Å². The molecule has 0 aromatic heterocycles. The molecule has 4 nitrogen and oxygen atoms in total. The van der Waals surface area contributed by atoms with E-state index in [9.17, 15) is 9.59 Å². The van der Waals surface area contributed by atoms with Crippen molar-refractivity contribution in [1.29, 1.82) is 0 Å². The average molecular weight is 324 g/mol. The van der Waals surface area contributed by atoms with Gasteiger partial charge in [-0.15, -0.1) is 0 Å². The van der Waals surface area contributed by atoms with Crippen LogP contribution in [0.4, 0.5) is 0 Å². The topological polar surface area (TPSA) is 49.4 Å². The van der Waals surface area contributed by atoms with Crippen LogP contribution in [0.2, 0.25) is 0 Å². The molecule has 3 fully saturated rings. The molecule has 5 heteroatoms. The molecular weight excluding hydrogens is 296 g/mol. The molecule has 1 saturated heterocycles. The van der Waals surface area contributed by atoms with Crippen molar-refractivity contribution in [2.45, 2.75) is 75.6 Å². The van der Waals surface area contributed by atoms with Crippen molar-refractivity contribution in [3.63, 3.8) is 0 Å². The summed E-state index contributed by atoms with van der Waals surface area (Å²) < 4.78 is 0. The standard InChI is InChI=1S/C17H28N2O2S/c1-12(20)18-14(11-13-5-4-6-13)17(21)19-9-10-22-16-8-3-2-7-15(16)19/h13-16H,2-11H2,1H3,(H,18,20)/t14-,15-,16-/m1/s1. The fourth-order valence-corrected chi connectivity index (χ4v) is 5.54. The van der Waals surface area contributed by atoms with Crippen LogP contribution in [0.3, 0.4) is 0 Å². The Balaban J connectivity index is 1.68. The Bertz CT molecular complexity index is 423. The van der Waals surface area contributed by atoms with E-state index in [4.69, 9.17) is 0 Å². The third kappa shape index (κ3) is 3.61. The molecule has 0 aromatic rings. The molecule has 1 N–H and O–H groups in total. The Morgan fingerprint density at radius 3 is 2.64 bits per heavy atom. The highest BCUT2D eigenvalue weighted by atomic mass is 32.2. The highest BCUT2D eigenvalue weighted by Gasteiger charge is 2.39. The molecule has 22 heavy (non-hydrogen) atoms. The predicted octanol–water partition coefficient (Wildman–Crippen LogP) is 2.57. The molecule has 0 radical (unpaired) electrons. The van der Waals surface area contributed by atoms with Gasteiger partial charge < -0.3 is 10.2 Å². The summed E-state index contributed by atoms with van der Waals surface area (Å²) in [6, 6.07) is 0.103. The molecule has 0 aromatic carbocycles. The Morgan fingerprint density at radius 2 is 1.95 bits per heavy atom. The summed E-state index contributed by atoms with van der Waals surface area (Å²) in [6.45, 7) is 2.38. The van der Waals surface area contributed by atoms with Crippen LogP contribution in [0, 0.1) is 5.92 Å². The first-order chi connectivity index (χ1) is 10.6. The maximum atomic E-state index is 13.1. The fraction of sp³-hybridized carbons (Fsp3) is 0.882. The first-order valence-electron chi connectivity index (χ1n) is 8.84. The number of thioether (sulfide) groups is 1. The van der Waals surface area contributed by atoms with Gasteiger partial charge in [0, 0.05) is 30.5 Å². The molecular formula is C17H28N2O2S. The van der Waals surface area contributed by atoms with Crippen LogP contribution in [0.25, 0.3) is 0 Å². The Kier molecular flexibility index (Phi) is 5.32. The van der Waals surface area contributed by atoms with Gasteiger partial charge in [-0.25, -0.2) is 0 Å². The van der Waals surface area contributed by atoms with E-state index in [2.05, 4.69) is 10.2 Å². The van der Waals surface area contributed by atoms with Gasteiger partial charge in [0.2, 0.25) is 11.8 Å². The molecule has 1 aliphatic heterocycles. The normalized spacial score (nSPS) is 30.1. The minimum absolute atomic E-state index is 0.0794. The number of carbonyl (C=O) groups is 2. The van der Waals surface area contributed by atoms with Crippen LogP contribution < -0.4 is 5.32 Å². The first-order valence-corrected chi connectivity index (χ1v) is 9.89. The lowest BCUT2D eigenvalue weighted by Gasteiger charge is -2.45. The number of rotatable bonds is 4. The molecule has 2 amide bonds. The van der Waals surface area contributed by atoms with Gasteiger partial charge >= 0.3 is 0 Å². The maximum Gasteiger partial charge on any atom is 0.245 e. The minimum Gasteiger partial charge on any atom is -0.345 e. The highest BCUT2D eigenvalue weighted by Crippen LogP contribution is 2.37. The third-order valence-corrected chi connectivity index (χ3v) is 6.88. The van der Waals surface area contributed by atoms with E-state index >= 15 is 0 Å². The maximum absolute atomic E-state index is 13.1. The van der Waals surface area contributed by atoms with E-state index in [1.54, 1.807) is 0 Å². The molecule has 2 saturated carbocycles. The van der Waals surface area contributed by atoms with Crippen molar-refractivity contribution >= 4 is 23.6 Å². The Morgan fingerprint density at radius 1 is 1.18 bits per heavy atom. The molecule has 2 aliphatic carbocycles. The summed E-state index contributed by atoms with van der Waals surface area (Å²) in [5.74, 6) is 1.77. The van der Waals surface area contributed by atoms with Crippen LogP contribution in [0.1, 0.15) is 58.3 Å². The summed E-state index contributed by atoms with van der Waals surface area (Å²) in [5.41, 5.74) is 0. The number of hydrogen-bond donors (Lipinski definition) is 1. The van der Waals surface area contributed by atoms with Crippen LogP contribution >= 0.6 is 11.8 Å². The quantitative estimate of drug-likeness (QED) is 0.864. The number of fused-ring (bicyclic) bond motifs is 1. The van der Waals surface area contributed by atoms with E-state index in [1.165, 1.54) is 45.4 Å². The molecule has 0 spiro atoms. The third-order valence-electron chi connectivity index (χ3n) is 5.48. The lowest BCUT2D eigenvalue weighted by atomic mass is 9.80. The Labute approximate surface area is 137 Å². The summed E-state index contributed by atoms with van der Waals surface area (Å²) in [6.07, 6.45) is 9.45. The van der Waals surface area contributed by atoms with Crippen molar-refractivity contribution < 1.29 is 9.59 Å². The van der Waals surface area contributed by atoms with Gasteiger partial charge in [-0.2, -0.15) is 11.8 Å². The largest absolute Gasteiger partial charge is 0.345 e. The van der Waals surface area contributed by atoms with Gasteiger partial charge in [0.15, 0.2) is 0 Å². The first kappa shape index (κ1) is 16.2. The zero-order valence-corrected chi connectivity index (χ0v) is 14.4. The molecule has 0 unspecified atom stereocenters. The minimum atomic E-state index is -0.298. The fourth-order valence-electron chi connectivity index (χ4n) is 4.10. The number of nitrogens with one attached hydrogen (secondary N) is 1. The molecule has 3 rings (SSSR count). The van der Waals surface area contributed by atoms with Crippen molar-refractivity contribution in [3.8, 4) is 0 Å². The molecule has 0 bridgehead atoms. The monoisotopic (exact) mass is 324 g/mol. The molecule has 1 heterocycles. The molecule has 124 valence electrons. The van der Waals surface area contributed by atoms with Crippen molar-refractivity contribution in [1.82, 2.24) is 10.2 Å². The van der Waals surface area contributed by atoms with Gasteiger partial charge in [-0.3, -0.25) is 9.59 Å². The van der Waals surface area contributed by atoms with Crippen LogP contribution in [-0.4, -0.2) is 46.3 Å². The predicted molar refractivity (Wildman–Crippen MR) is 89.8 cm³/mol. The zero-order chi connectivity index (χ0) is 15.5. The van der Waals surface area contributed by atoms with E-state index in [0.717, 1.165) is 25.1 Å². The lowest BCUT2D eigenvalue weighted by molar-refractivity contribution is -0.139. The van der Waals surface area contributed by atoms with Gasteiger partial charge in [0.05, 0.1) is 0 Å². The van der Waals surface area contributed by atoms with Crippen molar-refractivity contribution in [2.24, 2.45) is 5.92 Å². The number of hydrogen-bond acceptors (Lipinski definition) is 3. The summed E-state index contributed by atoms with van der Waals surface area (Å²) in [4.78, 5) is 26.7. The summed E-state index contributed by atoms with van der Waals surface area (Å²) in [5, 5.41) is 3.55. The second kappa shape index (κ2) is 7.24. The number of nitrogens with zero attached hydrogens (tertiary/aromatic N) is 1. The highest BCUT2D eigenvalue weighted by molar-refractivity contribution is 8.00. The Hall–Kier alpha value is -0.710. The molecule has 3 aliphatic rings. The van der Waals surface area contributed by atoms with E-state index in [1.807, 2.05) is 11.8 Å². The van der Waals surface area contributed by atoms with Gasteiger partial charge in [0.1, 0.15) is 6.04 Å². The van der Waals surface area contributed by atoms with Crippen molar-refractivity contribution in [3.05, 3.63) is 0 Å². The van der Waals surface area contributed by atoms with Crippen LogP contribution in [0.15, 0.2) is 0 Å². The van der Waals surface area contributed by atoms with Gasteiger partial charge in [0.25, 0.3) is 0 Å². The zero-order valence-electron chi connectivity index (χ0n) is 13.6. The van der Waals surface area contributed by atoms with Gasteiger partial charge in [-0.1, -0.05) is 32.1 Å². The van der Waals surface area contributed by atoms with Crippen LogP contribution in [-0.2, 0) is 9.59 Å². The van der Waals surface area contributed by atoms with Crippen LogP contribution in [0.5, 0.6) is 0 Å². The second-order valence-electron chi connectivity index (χ2n) is 7.08. The summed E-state index contributed by atoms with van der Waals surface area (Å²) >= 11 is 2.04. The van der Waals surface area contributed by atoms with Crippen molar-refractivity contribution in [2.75, 3.05) is 12.3 Å². The lowest BCUT2D eigenvalue weighted by Crippen LogP contribution is -2.57. The number of carbonyl (C=O) groups excluding carboxylic acids is 2. The molecule has 3 atom stereocenters. The second-order valence-corrected chi connectivity index (χ2v) is 8.43. The van der Waals surface area contributed by atoms with E-state index < -0.39 is 0 Å². The van der Waals surface area contributed by atoms with E-state index in [-0.39, 0.29) is 17.9 Å². The number of amides is 2. The summed E-state index contributed by atoms with van der Waals surface area (Å²) in [7, 11) is 0. The average Bonchev–Trinajstić information content (AvgIpc) is 2.48. The SMILES string of the molecule is CC(=O)N[C@H](CC1CCC1)C(=O)N1CCS[C@@H]2CCCC[C@H]21. The van der Waals surface area contributed by atoms with E-state index in [0.29, 0.717) is 17.2 Å².